The van der Waals surface area contributed by atoms with Crippen molar-refractivity contribution in [3.8, 4) is 0 Å². The molecule has 1 aromatic carbocycles. The summed E-state index contributed by atoms with van der Waals surface area (Å²) in [5.74, 6) is 0.402. The lowest BCUT2D eigenvalue weighted by molar-refractivity contribution is 0.0506. The summed E-state index contributed by atoms with van der Waals surface area (Å²) in [6.07, 6.45) is 3.20. The van der Waals surface area contributed by atoms with Gasteiger partial charge in [0.1, 0.15) is 6.26 Å². The molecule has 1 fully saturated rings. The van der Waals surface area contributed by atoms with Crippen molar-refractivity contribution in [2.24, 2.45) is 0 Å². The molecule has 2 amide bonds. The zero-order valence-electron chi connectivity index (χ0n) is 13.2. The molecule has 2 heterocycles. The maximum absolute atomic E-state index is 12.1. The predicted octanol–water partition coefficient (Wildman–Crippen LogP) is 2.85. The van der Waals surface area contributed by atoms with Crippen molar-refractivity contribution in [1.82, 2.24) is 10.5 Å². The van der Waals surface area contributed by atoms with Crippen LogP contribution in [-0.4, -0.2) is 30.9 Å². The zero-order valence-corrected chi connectivity index (χ0v) is 13.2. The molecular formula is C17H21N3O3. The van der Waals surface area contributed by atoms with Gasteiger partial charge in [-0.15, -0.1) is 0 Å². The molecule has 0 spiro atoms. The van der Waals surface area contributed by atoms with Gasteiger partial charge in [-0.2, -0.15) is 0 Å². The lowest BCUT2D eigenvalue weighted by Crippen LogP contribution is -2.46. The third kappa shape index (κ3) is 3.53. The first-order valence-corrected chi connectivity index (χ1v) is 7.79. The van der Waals surface area contributed by atoms with Crippen LogP contribution in [0.25, 0.3) is 0 Å². The Balaban J connectivity index is 1.72. The molecule has 0 saturated carbocycles. The number of aromatic nitrogens is 1. The van der Waals surface area contributed by atoms with Crippen LogP contribution in [0, 0.1) is 6.92 Å². The fourth-order valence-electron chi connectivity index (χ4n) is 3.16. The Hall–Kier alpha value is -2.34. The Labute approximate surface area is 135 Å². The first-order chi connectivity index (χ1) is 11.2. The molecule has 23 heavy (non-hydrogen) atoms. The number of hydrogen-bond acceptors (Lipinski definition) is 4. The second kappa shape index (κ2) is 6.83. The minimum absolute atomic E-state index is 0.0925. The van der Waals surface area contributed by atoms with Gasteiger partial charge in [0, 0.05) is 31.2 Å². The molecule has 122 valence electrons. The largest absolute Gasteiger partial charge is 0.381 e. The molecular weight excluding hydrogens is 294 g/mol. The van der Waals surface area contributed by atoms with Crippen LogP contribution < -0.4 is 10.6 Å². The van der Waals surface area contributed by atoms with E-state index >= 15 is 0 Å². The Morgan fingerprint density at radius 2 is 2.04 bits per heavy atom. The van der Waals surface area contributed by atoms with E-state index < -0.39 is 0 Å². The summed E-state index contributed by atoms with van der Waals surface area (Å²) in [6, 6.07) is 9.68. The highest BCUT2D eigenvalue weighted by Gasteiger charge is 2.35. The van der Waals surface area contributed by atoms with Crippen LogP contribution in [0.2, 0.25) is 0 Å². The summed E-state index contributed by atoms with van der Waals surface area (Å²) < 4.78 is 10.2. The number of carbonyl (C=O) groups is 1. The molecule has 0 atom stereocenters. The number of benzene rings is 1. The van der Waals surface area contributed by atoms with Gasteiger partial charge in [-0.05, 0) is 30.9 Å². The van der Waals surface area contributed by atoms with Crippen LogP contribution in [-0.2, 0) is 10.2 Å². The minimum Gasteiger partial charge on any atom is -0.381 e. The molecule has 1 aliphatic heterocycles. The van der Waals surface area contributed by atoms with Gasteiger partial charge in [0.2, 0.25) is 0 Å². The third-order valence-electron chi connectivity index (χ3n) is 4.43. The van der Waals surface area contributed by atoms with E-state index in [1.54, 1.807) is 6.07 Å². The highest BCUT2D eigenvalue weighted by atomic mass is 16.5. The van der Waals surface area contributed by atoms with Gasteiger partial charge >= 0.3 is 6.03 Å². The van der Waals surface area contributed by atoms with Crippen molar-refractivity contribution >= 4 is 11.8 Å². The van der Waals surface area contributed by atoms with E-state index in [4.69, 9.17) is 9.26 Å². The van der Waals surface area contributed by atoms with Gasteiger partial charge in [-0.1, -0.05) is 29.4 Å². The number of ether oxygens (including phenoxy) is 1. The van der Waals surface area contributed by atoms with Crippen LogP contribution in [0.3, 0.4) is 0 Å². The van der Waals surface area contributed by atoms with E-state index in [2.05, 4.69) is 40.9 Å². The van der Waals surface area contributed by atoms with Crippen LogP contribution in [0.15, 0.2) is 41.1 Å². The molecule has 2 aromatic rings. The lowest BCUT2D eigenvalue weighted by atomic mass is 9.72. The Bertz CT molecular complexity index is 649. The molecule has 6 heteroatoms. The van der Waals surface area contributed by atoms with Crippen LogP contribution in [0.4, 0.5) is 10.6 Å². The highest BCUT2D eigenvalue weighted by Crippen LogP contribution is 2.36. The Morgan fingerprint density at radius 3 is 2.74 bits per heavy atom. The van der Waals surface area contributed by atoms with E-state index in [9.17, 15) is 4.79 Å². The molecule has 6 nitrogen and oxygen atoms in total. The van der Waals surface area contributed by atoms with Crippen LogP contribution in [0.5, 0.6) is 0 Å². The summed E-state index contributed by atoms with van der Waals surface area (Å²) in [7, 11) is 0. The second-order valence-corrected chi connectivity index (χ2v) is 5.90. The van der Waals surface area contributed by atoms with Crippen molar-refractivity contribution in [2.45, 2.75) is 25.2 Å². The van der Waals surface area contributed by atoms with Crippen molar-refractivity contribution in [2.75, 3.05) is 25.1 Å². The molecule has 1 aromatic heterocycles. The van der Waals surface area contributed by atoms with E-state index in [0.29, 0.717) is 25.6 Å². The van der Waals surface area contributed by atoms with Crippen molar-refractivity contribution in [1.29, 1.82) is 0 Å². The lowest BCUT2D eigenvalue weighted by Gasteiger charge is -2.38. The van der Waals surface area contributed by atoms with E-state index in [1.807, 2.05) is 6.07 Å². The molecule has 0 bridgehead atoms. The van der Waals surface area contributed by atoms with Crippen molar-refractivity contribution < 1.29 is 14.1 Å². The molecule has 2 N–H and O–H groups in total. The van der Waals surface area contributed by atoms with Gasteiger partial charge in [-0.3, -0.25) is 5.32 Å². The highest BCUT2D eigenvalue weighted by molar-refractivity contribution is 5.88. The first kappa shape index (κ1) is 15.6. The summed E-state index contributed by atoms with van der Waals surface area (Å²) in [5.41, 5.74) is 2.43. The van der Waals surface area contributed by atoms with Gasteiger partial charge in [0.25, 0.3) is 0 Å². The maximum atomic E-state index is 12.1. The summed E-state index contributed by atoms with van der Waals surface area (Å²) in [5, 5.41) is 9.30. The van der Waals surface area contributed by atoms with Gasteiger partial charge < -0.3 is 14.6 Å². The predicted molar refractivity (Wildman–Crippen MR) is 86.4 cm³/mol. The number of urea groups is 1. The van der Waals surface area contributed by atoms with Crippen molar-refractivity contribution in [3.05, 3.63) is 47.7 Å². The quantitative estimate of drug-likeness (QED) is 0.909. The number of nitrogens with zero attached hydrogens (tertiary/aromatic N) is 1. The molecule has 0 radical (unpaired) electrons. The summed E-state index contributed by atoms with van der Waals surface area (Å²) >= 11 is 0. The second-order valence-electron chi connectivity index (χ2n) is 5.90. The van der Waals surface area contributed by atoms with Crippen LogP contribution in [0.1, 0.15) is 24.0 Å². The average Bonchev–Trinajstić information content (AvgIpc) is 3.07. The molecule has 1 saturated heterocycles. The maximum Gasteiger partial charge on any atom is 0.320 e. The number of carbonyl (C=O) groups excluding carboxylic acids is 1. The monoisotopic (exact) mass is 315 g/mol. The fraction of sp³-hybridized carbons (Fsp3) is 0.412. The zero-order chi connectivity index (χ0) is 16.1. The smallest absolute Gasteiger partial charge is 0.320 e. The Morgan fingerprint density at radius 1 is 1.26 bits per heavy atom. The number of hydrogen-bond donors (Lipinski definition) is 2. The minimum atomic E-state index is -0.279. The number of amides is 2. The number of aryl methyl sites for hydroxylation is 1. The van der Waals surface area contributed by atoms with Gasteiger partial charge in [0.05, 0.1) is 0 Å². The standard InChI is InChI=1S/C17H21N3O3/c1-13-4-2-3-5-14(13)17(7-10-22-11-8-17)12-18-16(21)19-15-6-9-23-20-15/h2-6,9H,7-8,10-12H2,1H3,(H2,18,19,20,21). The normalized spacial score (nSPS) is 16.7. The molecule has 0 unspecified atom stereocenters. The van der Waals surface area contributed by atoms with Crippen LogP contribution >= 0.6 is 0 Å². The SMILES string of the molecule is Cc1ccccc1C1(CNC(=O)Nc2ccon2)CCOCC1. The Kier molecular flexibility index (Phi) is 4.62. The molecule has 3 rings (SSSR count). The average molecular weight is 315 g/mol. The number of anilines is 1. The first-order valence-electron chi connectivity index (χ1n) is 7.79. The van der Waals surface area contributed by atoms with E-state index in [-0.39, 0.29) is 11.4 Å². The summed E-state index contributed by atoms with van der Waals surface area (Å²) in [6.45, 7) is 4.09. The van der Waals surface area contributed by atoms with E-state index in [1.165, 1.54) is 17.4 Å². The van der Waals surface area contributed by atoms with Gasteiger partial charge in [-0.25, -0.2) is 4.79 Å². The summed E-state index contributed by atoms with van der Waals surface area (Å²) in [4.78, 5) is 12.1. The van der Waals surface area contributed by atoms with Gasteiger partial charge in [0.15, 0.2) is 5.82 Å². The fourth-order valence-corrected chi connectivity index (χ4v) is 3.16. The van der Waals surface area contributed by atoms with Crippen molar-refractivity contribution in [3.63, 3.8) is 0 Å². The molecule has 0 aliphatic carbocycles. The number of rotatable bonds is 4. The van der Waals surface area contributed by atoms with E-state index in [0.717, 1.165) is 12.8 Å². The topological polar surface area (TPSA) is 76.4 Å². The molecule has 1 aliphatic rings. The number of nitrogens with one attached hydrogen (secondary N) is 2. The third-order valence-corrected chi connectivity index (χ3v) is 4.43.